The van der Waals surface area contributed by atoms with Crippen LogP contribution >= 0.6 is 0 Å². The Labute approximate surface area is 206 Å². The molecule has 3 N–H and O–H groups in total. The maximum absolute atomic E-state index is 12.2. The molecule has 7 heteroatoms. The number of rotatable bonds is 10. The van der Waals surface area contributed by atoms with Crippen LogP contribution in [0.5, 0.6) is 0 Å². The molecular weight excluding hydrogens is 436 g/mol. The van der Waals surface area contributed by atoms with Gasteiger partial charge in [-0.2, -0.15) is 10.1 Å². The molecule has 0 unspecified atom stereocenters. The van der Waals surface area contributed by atoms with Gasteiger partial charge in [0.25, 0.3) is 0 Å². The van der Waals surface area contributed by atoms with Gasteiger partial charge in [0.15, 0.2) is 0 Å². The molecule has 0 saturated heterocycles. The van der Waals surface area contributed by atoms with E-state index < -0.39 is 0 Å². The summed E-state index contributed by atoms with van der Waals surface area (Å²) in [6.45, 7) is 8.73. The summed E-state index contributed by atoms with van der Waals surface area (Å²) in [5.74, 6) is 0. The zero-order valence-electron chi connectivity index (χ0n) is 21.0. The van der Waals surface area contributed by atoms with E-state index in [2.05, 4.69) is 76.9 Å². The first kappa shape index (κ1) is 24.7. The molecule has 0 spiro atoms. The van der Waals surface area contributed by atoms with E-state index in [0.29, 0.717) is 17.9 Å². The minimum atomic E-state index is -0.291. The molecule has 0 saturated carbocycles. The molecule has 7 nitrogen and oxygen atoms in total. The zero-order valence-corrected chi connectivity index (χ0v) is 21.0. The molecule has 4 aromatic rings. The van der Waals surface area contributed by atoms with Gasteiger partial charge in [-0.15, -0.1) is 0 Å². The fourth-order valence-corrected chi connectivity index (χ4v) is 4.24. The van der Waals surface area contributed by atoms with E-state index in [9.17, 15) is 4.79 Å². The summed E-state index contributed by atoms with van der Waals surface area (Å²) in [5.41, 5.74) is 4.54. The number of hydrogen-bond donors (Lipinski definition) is 3. The molecule has 2 aromatic carbocycles. The van der Waals surface area contributed by atoms with Crippen molar-refractivity contribution in [1.82, 2.24) is 25.4 Å². The van der Waals surface area contributed by atoms with Crippen LogP contribution in [0.15, 0.2) is 59.9 Å². The van der Waals surface area contributed by atoms with E-state index in [1.165, 1.54) is 16.5 Å². The Bertz CT molecular complexity index is 1350. The number of urea groups is 1. The second-order valence-electron chi connectivity index (χ2n) is 9.29. The number of benzene rings is 1. The van der Waals surface area contributed by atoms with Gasteiger partial charge in [-0.25, -0.2) is 4.79 Å². The molecule has 0 aliphatic rings. The van der Waals surface area contributed by atoms with Crippen molar-refractivity contribution in [1.29, 1.82) is 0 Å². The molecule has 0 atom stereocenters. The fourth-order valence-electron chi connectivity index (χ4n) is 4.24. The Morgan fingerprint density at radius 3 is 2.74 bits per heavy atom. The summed E-state index contributed by atoms with van der Waals surface area (Å²) in [5, 5.41) is 13.8. The maximum atomic E-state index is 12.2. The predicted molar refractivity (Wildman–Crippen MR) is 142 cm³/mol. The number of nitrogens with one attached hydrogen (secondary N) is 3. The van der Waals surface area contributed by atoms with Crippen molar-refractivity contribution in [3.63, 3.8) is 0 Å². The number of hydrogen-bond acceptors (Lipinski definition) is 3. The van der Waals surface area contributed by atoms with Crippen molar-refractivity contribution >= 4 is 27.8 Å². The lowest BCUT2D eigenvalue weighted by Gasteiger charge is -2.06. The predicted octanol–water partition coefficient (Wildman–Crippen LogP) is 5.23. The fraction of sp³-hybridized carbons (Fsp3) is 0.393. The van der Waals surface area contributed by atoms with Crippen LogP contribution in [0.3, 0.4) is 0 Å². The summed E-state index contributed by atoms with van der Waals surface area (Å²) in [6.07, 6.45) is 8.23. The van der Waals surface area contributed by atoms with Crippen LogP contribution in [-0.2, 0) is 13.0 Å². The summed E-state index contributed by atoms with van der Waals surface area (Å²) in [4.78, 5) is 20.0. The van der Waals surface area contributed by atoms with Gasteiger partial charge in [0, 0.05) is 41.6 Å². The molecule has 2 heterocycles. The van der Waals surface area contributed by atoms with E-state index in [1.54, 1.807) is 0 Å². The first-order valence-electron chi connectivity index (χ1n) is 12.6. The van der Waals surface area contributed by atoms with E-state index in [4.69, 9.17) is 0 Å². The van der Waals surface area contributed by atoms with Gasteiger partial charge in [0.1, 0.15) is 0 Å². The highest BCUT2D eigenvalue weighted by atomic mass is 16.2. The van der Waals surface area contributed by atoms with Crippen LogP contribution in [0.4, 0.5) is 4.79 Å². The summed E-state index contributed by atoms with van der Waals surface area (Å²) < 4.78 is 2.00. The van der Waals surface area contributed by atoms with Crippen LogP contribution < -0.4 is 16.0 Å². The highest BCUT2D eigenvalue weighted by molar-refractivity contribution is 6.07. The molecular formula is C28H36N6O. The van der Waals surface area contributed by atoms with Gasteiger partial charge in [-0.3, -0.25) is 4.68 Å². The van der Waals surface area contributed by atoms with Gasteiger partial charge in [0.05, 0.1) is 17.1 Å². The van der Waals surface area contributed by atoms with Crippen LogP contribution in [0, 0.1) is 0 Å². The van der Waals surface area contributed by atoms with Crippen LogP contribution in [0.2, 0.25) is 0 Å². The Morgan fingerprint density at radius 1 is 1.11 bits per heavy atom. The van der Waals surface area contributed by atoms with Crippen molar-refractivity contribution in [2.24, 2.45) is 4.99 Å². The smallest absolute Gasteiger partial charge is 0.341 e. The van der Waals surface area contributed by atoms with Gasteiger partial charge >= 0.3 is 6.03 Å². The highest BCUT2D eigenvalue weighted by Gasteiger charge is 2.08. The zero-order chi connectivity index (χ0) is 24.6. The Balaban J connectivity index is 1.47. The van der Waals surface area contributed by atoms with Crippen LogP contribution in [0.1, 0.15) is 57.2 Å². The van der Waals surface area contributed by atoms with Gasteiger partial charge in [-0.05, 0) is 56.5 Å². The summed E-state index contributed by atoms with van der Waals surface area (Å²) in [6, 6.07) is 14.3. The van der Waals surface area contributed by atoms with E-state index in [1.807, 2.05) is 29.1 Å². The van der Waals surface area contributed by atoms with Crippen LogP contribution in [-0.4, -0.2) is 33.9 Å². The third-order valence-electron chi connectivity index (χ3n) is 6.19. The highest BCUT2D eigenvalue weighted by Crippen LogP contribution is 2.26. The topological polar surface area (TPSA) is 87.1 Å². The SMILES string of the molecule is CCCCCNC(=O)N=c1cccc2c(c1)[nH]c1c(CNCCc3cnn(C(C)C)c3)cccc12. The molecule has 0 fully saturated rings. The largest absolute Gasteiger partial charge is 0.354 e. The van der Waals surface area contributed by atoms with E-state index in [-0.39, 0.29) is 6.03 Å². The molecule has 184 valence electrons. The van der Waals surface area contributed by atoms with E-state index in [0.717, 1.165) is 55.2 Å². The molecule has 0 aliphatic heterocycles. The van der Waals surface area contributed by atoms with Crippen molar-refractivity contribution in [3.8, 4) is 0 Å². The number of para-hydroxylation sites is 1. The summed E-state index contributed by atoms with van der Waals surface area (Å²) in [7, 11) is 0. The number of fused-ring (bicyclic) bond motifs is 3. The number of aromatic nitrogens is 3. The lowest BCUT2D eigenvalue weighted by atomic mass is 10.1. The minimum Gasteiger partial charge on any atom is -0.354 e. The first-order valence-corrected chi connectivity index (χ1v) is 12.6. The number of nitrogens with zero attached hydrogens (tertiary/aromatic N) is 3. The molecule has 0 aliphatic carbocycles. The maximum Gasteiger partial charge on any atom is 0.341 e. The number of carbonyl (C=O) groups is 1. The normalized spacial score (nSPS) is 12.2. The third-order valence-corrected chi connectivity index (χ3v) is 6.19. The second-order valence-corrected chi connectivity index (χ2v) is 9.29. The van der Waals surface area contributed by atoms with Crippen LogP contribution in [0.25, 0.3) is 21.8 Å². The van der Waals surface area contributed by atoms with Crippen molar-refractivity contribution in [2.45, 2.75) is 59.0 Å². The standard InChI is InChI=1S/C28H36N6O/c1-4-5-6-14-30-28(35)32-23-10-8-11-24-25-12-7-9-22(27(25)33-26(24)16-23)18-29-15-13-21-17-31-34(19-21)20(2)3/h7-12,16-17,19-20,29,33H,4-6,13-15,18H2,1-3H3,(H,30,35). The Morgan fingerprint density at radius 2 is 1.94 bits per heavy atom. The molecule has 4 rings (SSSR count). The lowest BCUT2D eigenvalue weighted by molar-refractivity contribution is 0.248. The van der Waals surface area contributed by atoms with E-state index >= 15 is 0 Å². The number of H-pyrrole nitrogens is 1. The van der Waals surface area contributed by atoms with Gasteiger partial charge in [0.2, 0.25) is 0 Å². The Kier molecular flexibility index (Phi) is 8.32. The number of amides is 2. The number of unbranched alkanes of at least 4 members (excludes halogenated alkanes) is 2. The van der Waals surface area contributed by atoms with Crippen molar-refractivity contribution in [3.05, 3.63) is 71.3 Å². The molecule has 2 amide bonds. The molecule has 2 aromatic heterocycles. The first-order chi connectivity index (χ1) is 17.0. The minimum absolute atomic E-state index is 0.291. The second kappa shape index (κ2) is 11.8. The van der Waals surface area contributed by atoms with Gasteiger partial charge in [-0.1, -0.05) is 50.1 Å². The Hall–Kier alpha value is -3.45. The average Bonchev–Trinajstić information content (AvgIpc) is 3.40. The monoisotopic (exact) mass is 472 g/mol. The number of aromatic amines is 1. The molecule has 35 heavy (non-hydrogen) atoms. The number of carbonyl (C=O) groups excluding carboxylic acids is 1. The summed E-state index contributed by atoms with van der Waals surface area (Å²) >= 11 is 0. The van der Waals surface area contributed by atoms with Gasteiger partial charge < -0.3 is 15.6 Å². The molecule has 0 bridgehead atoms. The quantitative estimate of drug-likeness (QED) is 0.276. The molecule has 0 radical (unpaired) electrons. The van der Waals surface area contributed by atoms with Crippen molar-refractivity contribution in [2.75, 3.05) is 13.1 Å². The van der Waals surface area contributed by atoms with Crippen molar-refractivity contribution < 1.29 is 4.79 Å². The third kappa shape index (κ3) is 6.36. The lowest BCUT2D eigenvalue weighted by Crippen LogP contribution is -2.22. The average molecular weight is 473 g/mol.